The average Bonchev–Trinajstić information content (AvgIpc) is 2.57. The summed E-state index contributed by atoms with van der Waals surface area (Å²) in [5.41, 5.74) is 2.68. The first-order chi connectivity index (χ1) is 11.5. The van der Waals surface area contributed by atoms with Crippen molar-refractivity contribution >= 4 is 0 Å². The van der Waals surface area contributed by atoms with Gasteiger partial charge in [0.2, 0.25) is 0 Å². The molecule has 0 saturated heterocycles. The summed E-state index contributed by atoms with van der Waals surface area (Å²) in [6.45, 7) is 9.07. The van der Waals surface area contributed by atoms with E-state index in [9.17, 15) is 5.11 Å². The van der Waals surface area contributed by atoms with Gasteiger partial charge in [-0.05, 0) is 41.9 Å². The number of hydrogen-bond acceptors (Lipinski definition) is 1. The van der Waals surface area contributed by atoms with Gasteiger partial charge in [0.05, 0.1) is 0 Å². The molecule has 1 rings (SSSR count). The Morgan fingerprint density at radius 1 is 0.792 bits per heavy atom. The van der Waals surface area contributed by atoms with E-state index in [-0.39, 0.29) is 5.41 Å². The molecule has 1 aromatic carbocycles. The van der Waals surface area contributed by atoms with Gasteiger partial charge in [0.1, 0.15) is 5.75 Å². The molecule has 1 heteroatoms. The smallest absolute Gasteiger partial charge is 0.118 e. The lowest BCUT2D eigenvalue weighted by atomic mass is 9.81. The van der Waals surface area contributed by atoms with Crippen LogP contribution in [0.2, 0.25) is 0 Å². The molecule has 0 heterocycles. The Labute approximate surface area is 150 Å². The van der Waals surface area contributed by atoms with Crippen LogP contribution in [0.1, 0.15) is 109 Å². The van der Waals surface area contributed by atoms with Crippen LogP contribution in [0.15, 0.2) is 18.2 Å². The second-order valence-electron chi connectivity index (χ2n) is 8.01. The van der Waals surface area contributed by atoms with E-state index in [0.29, 0.717) is 5.75 Å². The molecular formula is C23H40O. The van der Waals surface area contributed by atoms with Crippen molar-refractivity contribution in [2.45, 2.75) is 110 Å². The van der Waals surface area contributed by atoms with Gasteiger partial charge in [0, 0.05) is 0 Å². The average molecular weight is 333 g/mol. The summed E-state index contributed by atoms with van der Waals surface area (Å²) in [5.74, 6) is 0.474. The highest BCUT2D eigenvalue weighted by molar-refractivity contribution is 5.39. The highest BCUT2D eigenvalue weighted by atomic mass is 16.3. The van der Waals surface area contributed by atoms with Crippen LogP contribution in [-0.4, -0.2) is 5.11 Å². The lowest BCUT2D eigenvalue weighted by Crippen LogP contribution is -2.15. The Morgan fingerprint density at radius 3 is 1.88 bits per heavy atom. The largest absolute Gasteiger partial charge is 0.508 e. The number of benzene rings is 1. The zero-order valence-electron chi connectivity index (χ0n) is 16.7. The van der Waals surface area contributed by atoms with Crippen molar-refractivity contribution in [2.24, 2.45) is 0 Å². The lowest BCUT2D eigenvalue weighted by Gasteiger charge is -2.24. The molecule has 1 N–H and O–H groups in total. The summed E-state index contributed by atoms with van der Waals surface area (Å²) >= 11 is 0. The zero-order chi connectivity index (χ0) is 17.8. The van der Waals surface area contributed by atoms with Crippen LogP contribution < -0.4 is 0 Å². The highest BCUT2D eigenvalue weighted by Gasteiger charge is 2.19. The maximum Gasteiger partial charge on any atom is 0.118 e. The van der Waals surface area contributed by atoms with Gasteiger partial charge in [-0.15, -0.1) is 0 Å². The van der Waals surface area contributed by atoms with Crippen LogP contribution in [0.4, 0.5) is 0 Å². The number of aryl methyl sites for hydroxylation is 1. The fourth-order valence-electron chi connectivity index (χ4n) is 3.21. The van der Waals surface area contributed by atoms with Crippen LogP contribution in [0.3, 0.4) is 0 Å². The number of unbranched alkanes of at least 4 members (excludes halogenated alkanes) is 9. The molecule has 0 bridgehead atoms. The Bertz CT molecular complexity index is 447. The second-order valence-corrected chi connectivity index (χ2v) is 8.01. The fraction of sp³-hybridized carbons (Fsp3) is 0.739. The molecule has 1 aromatic rings. The van der Waals surface area contributed by atoms with Gasteiger partial charge in [-0.1, -0.05) is 97.6 Å². The van der Waals surface area contributed by atoms with Crippen LogP contribution in [-0.2, 0) is 11.8 Å². The molecule has 24 heavy (non-hydrogen) atoms. The number of hydrogen-bond donors (Lipinski definition) is 1. The summed E-state index contributed by atoms with van der Waals surface area (Å²) in [5, 5.41) is 10.1. The van der Waals surface area contributed by atoms with E-state index in [0.717, 1.165) is 18.4 Å². The molecule has 0 amide bonds. The normalized spacial score (nSPS) is 11.8. The van der Waals surface area contributed by atoms with Crippen LogP contribution in [0.25, 0.3) is 0 Å². The first kappa shape index (κ1) is 21.1. The van der Waals surface area contributed by atoms with Crippen molar-refractivity contribution in [1.82, 2.24) is 0 Å². The molecule has 138 valence electrons. The van der Waals surface area contributed by atoms with E-state index in [2.05, 4.69) is 39.8 Å². The third-order valence-corrected chi connectivity index (χ3v) is 5.54. The minimum Gasteiger partial charge on any atom is -0.508 e. The van der Waals surface area contributed by atoms with E-state index in [1.54, 1.807) is 0 Å². The molecular weight excluding hydrogens is 292 g/mol. The Kier molecular flexibility index (Phi) is 10.1. The van der Waals surface area contributed by atoms with E-state index in [1.165, 1.54) is 69.8 Å². The first-order valence-electron chi connectivity index (χ1n) is 10.3. The van der Waals surface area contributed by atoms with Gasteiger partial charge >= 0.3 is 0 Å². The van der Waals surface area contributed by atoms with Crippen molar-refractivity contribution in [3.05, 3.63) is 29.3 Å². The summed E-state index contributed by atoms with van der Waals surface area (Å²) in [4.78, 5) is 0. The van der Waals surface area contributed by atoms with Gasteiger partial charge in [0.15, 0.2) is 0 Å². The maximum absolute atomic E-state index is 10.1. The van der Waals surface area contributed by atoms with Crippen LogP contribution >= 0.6 is 0 Å². The Balaban J connectivity index is 2.24. The topological polar surface area (TPSA) is 20.2 Å². The minimum absolute atomic E-state index is 0.195. The lowest BCUT2D eigenvalue weighted by molar-refractivity contribution is 0.461. The standard InChI is InChI=1S/C23H40O/c1-5-7-8-9-10-11-12-13-14-15-16-20-19-21(17-18-22(20)24)23(3,4)6-2/h17-19,24H,5-16H2,1-4H3. The quantitative estimate of drug-likeness (QED) is 0.370. The van der Waals surface area contributed by atoms with E-state index in [1.807, 2.05) is 6.07 Å². The molecule has 0 fully saturated rings. The minimum atomic E-state index is 0.195. The number of aromatic hydroxyl groups is 1. The predicted molar refractivity (Wildman–Crippen MR) is 107 cm³/mol. The SMILES string of the molecule is CCCCCCCCCCCCc1cc(C(C)(C)CC)ccc1O. The van der Waals surface area contributed by atoms with E-state index in [4.69, 9.17) is 0 Å². The van der Waals surface area contributed by atoms with Crippen molar-refractivity contribution in [3.63, 3.8) is 0 Å². The molecule has 0 spiro atoms. The molecule has 0 saturated carbocycles. The van der Waals surface area contributed by atoms with Gasteiger partial charge in [-0.2, -0.15) is 0 Å². The molecule has 0 aromatic heterocycles. The fourth-order valence-corrected chi connectivity index (χ4v) is 3.21. The van der Waals surface area contributed by atoms with E-state index < -0.39 is 0 Å². The molecule has 0 aliphatic rings. The van der Waals surface area contributed by atoms with Crippen LogP contribution in [0.5, 0.6) is 5.75 Å². The van der Waals surface area contributed by atoms with Crippen molar-refractivity contribution in [3.8, 4) is 5.75 Å². The van der Waals surface area contributed by atoms with Gasteiger partial charge < -0.3 is 5.11 Å². The van der Waals surface area contributed by atoms with Crippen LogP contribution in [0, 0.1) is 0 Å². The molecule has 0 radical (unpaired) electrons. The number of rotatable bonds is 13. The molecule has 1 nitrogen and oxygen atoms in total. The van der Waals surface area contributed by atoms with E-state index >= 15 is 0 Å². The first-order valence-corrected chi connectivity index (χ1v) is 10.3. The van der Waals surface area contributed by atoms with Crippen molar-refractivity contribution in [2.75, 3.05) is 0 Å². The Hall–Kier alpha value is -0.980. The highest BCUT2D eigenvalue weighted by Crippen LogP contribution is 2.31. The van der Waals surface area contributed by atoms with Crippen molar-refractivity contribution < 1.29 is 5.11 Å². The predicted octanol–water partition coefficient (Wildman–Crippen LogP) is 7.54. The number of phenolic OH excluding ortho intramolecular Hbond substituents is 1. The summed E-state index contributed by atoms with van der Waals surface area (Å²) in [6.07, 6.45) is 15.7. The molecule has 0 unspecified atom stereocenters. The maximum atomic E-state index is 10.1. The van der Waals surface area contributed by atoms with Gasteiger partial charge in [-0.3, -0.25) is 0 Å². The third kappa shape index (κ3) is 7.73. The molecule has 0 aliphatic carbocycles. The molecule has 0 aliphatic heterocycles. The second kappa shape index (κ2) is 11.6. The van der Waals surface area contributed by atoms with Crippen molar-refractivity contribution in [1.29, 1.82) is 0 Å². The molecule has 0 atom stereocenters. The summed E-state index contributed by atoms with van der Waals surface area (Å²) in [7, 11) is 0. The summed E-state index contributed by atoms with van der Waals surface area (Å²) in [6, 6.07) is 6.20. The monoisotopic (exact) mass is 332 g/mol. The number of phenols is 1. The Morgan fingerprint density at radius 2 is 1.33 bits per heavy atom. The van der Waals surface area contributed by atoms with Gasteiger partial charge in [0.25, 0.3) is 0 Å². The third-order valence-electron chi connectivity index (χ3n) is 5.54. The summed E-state index contributed by atoms with van der Waals surface area (Å²) < 4.78 is 0. The zero-order valence-corrected chi connectivity index (χ0v) is 16.7. The van der Waals surface area contributed by atoms with Gasteiger partial charge in [-0.25, -0.2) is 0 Å².